The molecule has 3 atom stereocenters. The highest BCUT2D eigenvalue weighted by Gasteiger charge is 2.58. The molecule has 4 bridgehead atoms. The van der Waals surface area contributed by atoms with E-state index in [1.54, 1.807) is 12.1 Å². The van der Waals surface area contributed by atoms with Crippen molar-refractivity contribution in [2.75, 3.05) is 0 Å². The van der Waals surface area contributed by atoms with E-state index in [1.807, 2.05) is 6.07 Å². The van der Waals surface area contributed by atoms with Crippen molar-refractivity contribution in [3.63, 3.8) is 0 Å². The van der Waals surface area contributed by atoms with Gasteiger partial charge in [0.05, 0.1) is 10.6 Å². The molecular weight excluding hydrogens is 331 g/mol. The highest BCUT2D eigenvalue weighted by Crippen LogP contribution is 2.68. The van der Waals surface area contributed by atoms with Crippen molar-refractivity contribution in [1.29, 1.82) is 0 Å². The quantitative estimate of drug-likeness (QED) is 0.772. The monoisotopic (exact) mass is 352 g/mol. The van der Waals surface area contributed by atoms with E-state index in [0.29, 0.717) is 15.5 Å². The Balaban J connectivity index is 1.74. The molecule has 1 aromatic rings. The summed E-state index contributed by atoms with van der Waals surface area (Å²) in [5, 5.41) is 11.0. The zero-order valence-electron chi connectivity index (χ0n) is 12.4. The molecule has 0 amide bonds. The van der Waals surface area contributed by atoms with Gasteiger partial charge in [-0.3, -0.25) is 0 Å². The minimum Gasteiger partial charge on any atom is -0.388 e. The molecule has 1 aromatic carbocycles. The maximum Gasteiger partial charge on any atom is 0.143 e. The standard InChI is InChI=1S/C18H22BrFO/c1-17-6-11-5-12(7-17)9-18(8-11,10-17)16(21)13-3-2-4-14(19)15(13)20/h2-4,11-12,16,21H,5-10H2,1H3. The molecule has 0 heterocycles. The van der Waals surface area contributed by atoms with Gasteiger partial charge in [-0.25, -0.2) is 4.39 Å². The van der Waals surface area contributed by atoms with E-state index < -0.39 is 6.10 Å². The van der Waals surface area contributed by atoms with Crippen molar-refractivity contribution in [1.82, 2.24) is 0 Å². The first kappa shape index (κ1) is 14.2. The van der Waals surface area contributed by atoms with Crippen LogP contribution in [0.3, 0.4) is 0 Å². The van der Waals surface area contributed by atoms with Crippen LogP contribution < -0.4 is 0 Å². The molecule has 4 fully saturated rings. The van der Waals surface area contributed by atoms with Crippen molar-refractivity contribution < 1.29 is 9.50 Å². The van der Waals surface area contributed by atoms with Gasteiger partial charge in [0.15, 0.2) is 0 Å². The molecule has 3 heteroatoms. The fourth-order valence-electron chi connectivity index (χ4n) is 6.18. The minimum atomic E-state index is -0.666. The number of hydrogen-bond acceptors (Lipinski definition) is 1. The third-order valence-electron chi connectivity index (χ3n) is 6.25. The summed E-state index contributed by atoms with van der Waals surface area (Å²) in [7, 11) is 0. The fraction of sp³-hybridized carbons (Fsp3) is 0.667. The smallest absolute Gasteiger partial charge is 0.143 e. The third kappa shape index (κ3) is 2.11. The Morgan fingerprint density at radius 1 is 1.24 bits per heavy atom. The van der Waals surface area contributed by atoms with Gasteiger partial charge in [0.2, 0.25) is 0 Å². The molecule has 0 saturated heterocycles. The summed E-state index contributed by atoms with van der Waals surface area (Å²) < 4.78 is 14.9. The Hall–Kier alpha value is -0.410. The summed E-state index contributed by atoms with van der Waals surface area (Å²) >= 11 is 3.25. The molecule has 4 saturated carbocycles. The van der Waals surface area contributed by atoms with Crippen LogP contribution in [0.5, 0.6) is 0 Å². The Labute approximate surface area is 134 Å². The average Bonchev–Trinajstić information content (AvgIpc) is 2.38. The van der Waals surface area contributed by atoms with Crippen LogP contribution in [0, 0.1) is 28.5 Å². The number of aliphatic hydroxyl groups excluding tert-OH is 1. The molecule has 0 aromatic heterocycles. The van der Waals surface area contributed by atoms with Crippen molar-refractivity contribution in [3.05, 3.63) is 34.1 Å². The van der Waals surface area contributed by atoms with Crippen molar-refractivity contribution in [3.8, 4) is 0 Å². The summed E-state index contributed by atoms with van der Waals surface area (Å²) in [4.78, 5) is 0. The number of halogens is 2. The normalized spacial score (nSPS) is 42.3. The van der Waals surface area contributed by atoms with E-state index in [9.17, 15) is 9.50 Å². The van der Waals surface area contributed by atoms with Gasteiger partial charge in [0.1, 0.15) is 5.82 Å². The first-order chi connectivity index (χ1) is 9.91. The van der Waals surface area contributed by atoms with Crippen molar-refractivity contribution in [2.45, 2.75) is 51.6 Å². The van der Waals surface area contributed by atoms with Crippen LogP contribution in [0.4, 0.5) is 4.39 Å². The van der Waals surface area contributed by atoms with Crippen LogP contribution in [0.1, 0.15) is 57.1 Å². The molecule has 114 valence electrons. The molecule has 0 aliphatic heterocycles. The van der Waals surface area contributed by atoms with Crippen LogP contribution >= 0.6 is 15.9 Å². The lowest BCUT2D eigenvalue weighted by Crippen LogP contribution is -2.53. The predicted octanol–water partition coefficient (Wildman–Crippen LogP) is 5.23. The Kier molecular flexibility index (Phi) is 3.07. The molecule has 0 spiro atoms. The number of benzene rings is 1. The zero-order valence-corrected chi connectivity index (χ0v) is 14.0. The number of aliphatic hydroxyl groups is 1. The lowest BCUT2D eigenvalue weighted by atomic mass is 9.43. The minimum absolute atomic E-state index is 0.0968. The van der Waals surface area contributed by atoms with Gasteiger partial charge in [0.25, 0.3) is 0 Å². The van der Waals surface area contributed by atoms with Gasteiger partial charge in [-0.2, -0.15) is 0 Å². The van der Waals surface area contributed by atoms with Gasteiger partial charge in [-0.1, -0.05) is 19.1 Å². The van der Waals surface area contributed by atoms with Crippen molar-refractivity contribution >= 4 is 15.9 Å². The van der Waals surface area contributed by atoms with E-state index in [1.165, 1.54) is 19.3 Å². The molecular formula is C18H22BrFO. The SMILES string of the molecule is CC12CC3CC(C1)CC(C(O)c1cccc(Br)c1F)(C3)C2. The van der Waals surface area contributed by atoms with Crippen LogP contribution in [-0.2, 0) is 0 Å². The van der Waals surface area contributed by atoms with Crippen LogP contribution in [0.15, 0.2) is 22.7 Å². The van der Waals surface area contributed by atoms with E-state index in [-0.39, 0.29) is 11.2 Å². The number of rotatable bonds is 2. The summed E-state index contributed by atoms with van der Waals surface area (Å²) in [5.41, 5.74) is 0.753. The van der Waals surface area contributed by atoms with Gasteiger partial charge >= 0.3 is 0 Å². The first-order valence-corrected chi connectivity index (χ1v) is 8.82. The first-order valence-electron chi connectivity index (χ1n) is 8.03. The van der Waals surface area contributed by atoms with E-state index in [4.69, 9.17) is 0 Å². The van der Waals surface area contributed by atoms with Gasteiger partial charge in [-0.15, -0.1) is 0 Å². The predicted molar refractivity (Wildman–Crippen MR) is 84.3 cm³/mol. The molecule has 1 nitrogen and oxygen atoms in total. The van der Waals surface area contributed by atoms with Crippen LogP contribution in [-0.4, -0.2) is 5.11 Å². The Bertz CT molecular complexity index is 571. The molecule has 4 aliphatic carbocycles. The average molecular weight is 353 g/mol. The summed E-state index contributed by atoms with van der Waals surface area (Å²) in [6.07, 6.45) is 6.47. The lowest BCUT2D eigenvalue weighted by molar-refractivity contribution is -0.155. The molecule has 21 heavy (non-hydrogen) atoms. The van der Waals surface area contributed by atoms with Crippen molar-refractivity contribution in [2.24, 2.45) is 22.7 Å². The van der Waals surface area contributed by atoms with E-state index >= 15 is 0 Å². The van der Waals surface area contributed by atoms with Gasteiger partial charge in [-0.05, 0) is 77.8 Å². The van der Waals surface area contributed by atoms with Crippen LogP contribution in [0.25, 0.3) is 0 Å². The highest BCUT2D eigenvalue weighted by molar-refractivity contribution is 9.10. The van der Waals surface area contributed by atoms with E-state index in [2.05, 4.69) is 22.9 Å². The maximum atomic E-state index is 14.4. The summed E-state index contributed by atoms with van der Waals surface area (Å²) in [6, 6.07) is 5.28. The third-order valence-corrected chi connectivity index (χ3v) is 6.87. The second kappa shape index (κ2) is 4.55. The molecule has 3 unspecified atom stereocenters. The topological polar surface area (TPSA) is 20.2 Å². The second-order valence-electron chi connectivity index (χ2n) is 8.18. The highest BCUT2D eigenvalue weighted by atomic mass is 79.9. The number of hydrogen-bond donors (Lipinski definition) is 1. The Morgan fingerprint density at radius 2 is 1.90 bits per heavy atom. The zero-order chi connectivity index (χ0) is 14.8. The van der Waals surface area contributed by atoms with Crippen LogP contribution in [0.2, 0.25) is 0 Å². The molecule has 0 radical (unpaired) electrons. The van der Waals surface area contributed by atoms with E-state index in [0.717, 1.165) is 31.1 Å². The van der Waals surface area contributed by atoms with Gasteiger partial charge < -0.3 is 5.11 Å². The second-order valence-corrected chi connectivity index (χ2v) is 9.03. The summed E-state index contributed by atoms with van der Waals surface area (Å²) in [6.45, 7) is 2.38. The fourth-order valence-corrected chi connectivity index (χ4v) is 6.56. The lowest BCUT2D eigenvalue weighted by Gasteiger charge is -2.62. The Morgan fingerprint density at radius 3 is 2.52 bits per heavy atom. The molecule has 5 rings (SSSR count). The molecule has 1 N–H and O–H groups in total. The van der Waals surface area contributed by atoms with Gasteiger partial charge in [0, 0.05) is 11.0 Å². The molecule has 4 aliphatic rings. The maximum absolute atomic E-state index is 14.4. The largest absolute Gasteiger partial charge is 0.388 e. The summed E-state index contributed by atoms with van der Waals surface area (Å²) in [5.74, 6) is 1.19.